The van der Waals surface area contributed by atoms with Crippen LogP contribution in [-0.4, -0.2) is 7.85 Å². The Morgan fingerprint density at radius 1 is 1.17 bits per heavy atom. The van der Waals surface area contributed by atoms with Crippen molar-refractivity contribution >= 4 is 36.7 Å². The largest absolute Gasteiger partial charge is 0.398 e. The molecule has 2 aromatic carbocycles. The van der Waals surface area contributed by atoms with E-state index in [1.165, 1.54) is 6.07 Å². The van der Waals surface area contributed by atoms with Gasteiger partial charge in [0, 0.05) is 11.3 Å². The average Bonchev–Trinajstić information content (AvgIpc) is 2.36. The summed E-state index contributed by atoms with van der Waals surface area (Å²) in [4.78, 5) is 0. The number of rotatable bonds is 2. The van der Waals surface area contributed by atoms with Gasteiger partial charge in [0.25, 0.3) is 0 Å². The van der Waals surface area contributed by atoms with Gasteiger partial charge in [-0.3, -0.25) is 0 Å². The zero-order valence-electron chi connectivity index (χ0n) is 9.53. The molecule has 0 bridgehead atoms. The average molecular weight is 258 g/mol. The van der Waals surface area contributed by atoms with Crippen LogP contribution in [0.1, 0.15) is 11.1 Å². The van der Waals surface area contributed by atoms with Crippen LogP contribution in [0.2, 0.25) is 5.02 Å². The van der Waals surface area contributed by atoms with E-state index in [1.807, 2.05) is 0 Å². The van der Waals surface area contributed by atoms with Crippen LogP contribution in [0.4, 0.5) is 4.39 Å². The molecule has 2 N–H and O–H groups in total. The third kappa shape index (κ3) is 2.74. The van der Waals surface area contributed by atoms with E-state index in [0.29, 0.717) is 16.7 Å². The van der Waals surface area contributed by atoms with Gasteiger partial charge in [-0.1, -0.05) is 53.5 Å². The van der Waals surface area contributed by atoms with Crippen LogP contribution < -0.4 is 11.2 Å². The first-order valence-corrected chi connectivity index (χ1v) is 5.73. The van der Waals surface area contributed by atoms with Crippen molar-refractivity contribution in [3.05, 3.63) is 64.4 Å². The van der Waals surface area contributed by atoms with Gasteiger partial charge >= 0.3 is 0 Å². The zero-order chi connectivity index (χ0) is 13.1. The molecule has 0 aliphatic rings. The van der Waals surface area contributed by atoms with Crippen molar-refractivity contribution in [2.24, 2.45) is 5.73 Å². The van der Waals surface area contributed by atoms with E-state index >= 15 is 0 Å². The highest BCUT2D eigenvalue weighted by molar-refractivity contribution is 6.32. The summed E-state index contributed by atoms with van der Waals surface area (Å²) < 4.78 is 13.7. The normalized spacial score (nSPS) is 11.6. The van der Waals surface area contributed by atoms with E-state index in [9.17, 15) is 4.39 Å². The van der Waals surface area contributed by atoms with Gasteiger partial charge in [0.1, 0.15) is 13.7 Å². The highest BCUT2D eigenvalue weighted by Gasteiger charge is 2.05. The van der Waals surface area contributed by atoms with E-state index in [-0.39, 0.29) is 5.02 Å². The summed E-state index contributed by atoms with van der Waals surface area (Å²) in [5.74, 6) is -0.474. The minimum Gasteiger partial charge on any atom is -0.398 e. The summed E-state index contributed by atoms with van der Waals surface area (Å²) >= 11 is 5.70. The highest BCUT2D eigenvalue weighted by Crippen LogP contribution is 2.21. The van der Waals surface area contributed by atoms with Crippen molar-refractivity contribution < 1.29 is 4.39 Å². The Hall–Kier alpha value is -1.74. The lowest BCUT2D eigenvalue weighted by molar-refractivity contribution is 0.625. The fourth-order valence-electron chi connectivity index (χ4n) is 1.56. The number of benzene rings is 2. The molecule has 0 spiro atoms. The van der Waals surface area contributed by atoms with Crippen LogP contribution in [0.5, 0.6) is 0 Å². The molecule has 0 aliphatic heterocycles. The standard InChI is InChI=1S/C14H10BClFN/c15-11-6-4-9(5-7-11)13(18)8-10-2-1-3-12(16)14(10)17/h1-8H,18H2/b13-8-. The molecule has 2 rings (SSSR count). The van der Waals surface area contributed by atoms with Crippen molar-refractivity contribution in [3.63, 3.8) is 0 Å². The molecule has 0 aromatic heterocycles. The molecule has 0 heterocycles. The summed E-state index contributed by atoms with van der Waals surface area (Å²) in [6.45, 7) is 0. The lowest BCUT2D eigenvalue weighted by Crippen LogP contribution is -2.03. The van der Waals surface area contributed by atoms with Crippen molar-refractivity contribution in [1.29, 1.82) is 0 Å². The van der Waals surface area contributed by atoms with E-state index in [4.69, 9.17) is 25.2 Å². The van der Waals surface area contributed by atoms with Gasteiger partial charge in [-0.25, -0.2) is 4.39 Å². The lowest BCUT2D eigenvalue weighted by Gasteiger charge is -2.04. The summed E-state index contributed by atoms with van der Waals surface area (Å²) in [6.07, 6.45) is 1.55. The molecule has 2 aromatic rings. The van der Waals surface area contributed by atoms with Crippen molar-refractivity contribution in [3.8, 4) is 0 Å². The molecular formula is C14H10BClFN. The molecular weight excluding hydrogens is 247 g/mol. The van der Waals surface area contributed by atoms with E-state index in [0.717, 1.165) is 5.56 Å². The van der Waals surface area contributed by atoms with Crippen LogP contribution >= 0.6 is 11.6 Å². The first-order valence-electron chi connectivity index (χ1n) is 5.35. The van der Waals surface area contributed by atoms with Crippen LogP contribution in [-0.2, 0) is 0 Å². The quantitative estimate of drug-likeness (QED) is 0.650. The molecule has 0 atom stereocenters. The van der Waals surface area contributed by atoms with Crippen molar-refractivity contribution in [1.82, 2.24) is 0 Å². The Morgan fingerprint density at radius 2 is 1.83 bits per heavy atom. The Labute approximate surface area is 111 Å². The molecule has 0 saturated heterocycles. The molecule has 1 nitrogen and oxygen atoms in total. The van der Waals surface area contributed by atoms with Crippen LogP contribution in [0.3, 0.4) is 0 Å². The summed E-state index contributed by atoms with van der Waals surface area (Å²) in [5, 5.41) is 0.0776. The molecule has 0 fully saturated rings. The molecule has 88 valence electrons. The van der Waals surface area contributed by atoms with Gasteiger partial charge in [-0.2, -0.15) is 0 Å². The van der Waals surface area contributed by atoms with Gasteiger partial charge in [0.15, 0.2) is 0 Å². The SMILES string of the molecule is [B]c1ccc(/C(N)=C/c2cccc(Cl)c2F)cc1. The van der Waals surface area contributed by atoms with Gasteiger partial charge < -0.3 is 5.73 Å². The lowest BCUT2D eigenvalue weighted by atomic mass is 9.94. The third-order valence-corrected chi connectivity index (χ3v) is 2.83. The Bertz CT molecular complexity index is 593. The fraction of sp³-hybridized carbons (Fsp3) is 0. The van der Waals surface area contributed by atoms with Crippen molar-refractivity contribution in [2.45, 2.75) is 0 Å². The highest BCUT2D eigenvalue weighted by atomic mass is 35.5. The van der Waals surface area contributed by atoms with Gasteiger partial charge in [0.05, 0.1) is 5.02 Å². The smallest absolute Gasteiger partial charge is 0.149 e. The second kappa shape index (κ2) is 5.28. The van der Waals surface area contributed by atoms with Gasteiger partial charge in [-0.05, 0) is 17.7 Å². The molecule has 18 heavy (non-hydrogen) atoms. The van der Waals surface area contributed by atoms with Gasteiger partial charge in [-0.15, -0.1) is 0 Å². The maximum Gasteiger partial charge on any atom is 0.149 e. The number of halogens is 2. The van der Waals surface area contributed by atoms with Crippen LogP contribution in [0.15, 0.2) is 42.5 Å². The van der Waals surface area contributed by atoms with Crippen LogP contribution in [0, 0.1) is 5.82 Å². The van der Waals surface area contributed by atoms with E-state index in [2.05, 4.69) is 0 Å². The molecule has 4 heteroatoms. The topological polar surface area (TPSA) is 26.0 Å². The van der Waals surface area contributed by atoms with Gasteiger partial charge in [0.2, 0.25) is 0 Å². The maximum absolute atomic E-state index is 13.7. The summed E-state index contributed by atoms with van der Waals surface area (Å²) in [7, 11) is 5.59. The maximum atomic E-state index is 13.7. The first kappa shape index (κ1) is 12.7. The predicted molar refractivity (Wildman–Crippen MR) is 75.3 cm³/mol. The monoisotopic (exact) mass is 257 g/mol. The minimum atomic E-state index is -0.474. The summed E-state index contributed by atoms with van der Waals surface area (Å²) in [5.41, 5.74) is 8.15. The molecule has 0 aliphatic carbocycles. The predicted octanol–water partition coefficient (Wildman–Crippen LogP) is 2.73. The molecule has 0 amide bonds. The van der Waals surface area contributed by atoms with Crippen molar-refractivity contribution in [2.75, 3.05) is 0 Å². The molecule has 2 radical (unpaired) electrons. The fourth-order valence-corrected chi connectivity index (χ4v) is 1.74. The van der Waals surface area contributed by atoms with Crippen LogP contribution in [0.25, 0.3) is 11.8 Å². The second-order valence-corrected chi connectivity index (χ2v) is 4.27. The minimum absolute atomic E-state index is 0.0776. The first-order chi connectivity index (χ1) is 8.58. The molecule has 0 unspecified atom stereocenters. The Kier molecular flexibility index (Phi) is 3.73. The Balaban J connectivity index is 2.38. The Morgan fingerprint density at radius 3 is 2.50 bits per heavy atom. The molecule has 0 saturated carbocycles. The van der Waals surface area contributed by atoms with E-state index in [1.54, 1.807) is 42.5 Å². The third-order valence-electron chi connectivity index (χ3n) is 2.54. The number of nitrogens with two attached hydrogens (primary N) is 1. The number of hydrogen-bond donors (Lipinski definition) is 1. The second-order valence-electron chi connectivity index (χ2n) is 3.86. The zero-order valence-corrected chi connectivity index (χ0v) is 10.3. The summed E-state index contributed by atoms with van der Waals surface area (Å²) in [6, 6.07) is 11.8. The number of hydrogen-bond acceptors (Lipinski definition) is 1. The van der Waals surface area contributed by atoms with E-state index < -0.39 is 5.82 Å².